The van der Waals surface area contributed by atoms with Crippen molar-refractivity contribution in [3.8, 4) is 0 Å². The molecule has 0 fully saturated rings. The molecular weight excluding hydrogens is 250 g/mol. The average molecular weight is 262 g/mol. The van der Waals surface area contributed by atoms with Crippen molar-refractivity contribution in [2.24, 2.45) is 0 Å². The highest BCUT2D eigenvalue weighted by Crippen LogP contribution is 2.28. The Morgan fingerprint density at radius 3 is 2.73 bits per heavy atom. The first-order valence-corrected chi connectivity index (χ1v) is 6.21. The SMILES string of the molecule is Brc1ccc2ccc3c(c2n1)CCCC3. The third-order valence-electron chi connectivity index (χ3n) is 3.15. The minimum atomic E-state index is 0.939. The lowest BCUT2D eigenvalue weighted by molar-refractivity contribution is 0.689. The van der Waals surface area contributed by atoms with Crippen LogP contribution in [0.15, 0.2) is 28.9 Å². The second-order valence-electron chi connectivity index (χ2n) is 4.12. The summed E-state index contributed by atoms with van der Waals surface area (Å²) in [5, 5.41) is 1.26. The third kappa shape index (κ3) is 1.57. The molecule has 0 unspecified atom stereocenters. The van der Waals surface area contributed by atoms with E-state index in [-0.39, 0.29) is 0 Å². The molecule has 76 valence electrons. The largest absolute Gasteiger partial charge is 0.241 e. The molecule has 0 saturated carbocycles. The Hall–Kier alpha value is -0.890. The van der Waals surface area contributed by atoms with Gasteiger partial charge in [0.1, 0.15) is 4.60 Å². The second-order valence-corrected chi connectivity index (χ2v) is 4.93. The highest BCUT2D eigenvalue weighted by Gasteiger charge is 2.12. The Morgan fingerprint density at radius 2 is 1.80 bits per heavy atom. The van der Waals surface area contributed by atoms with Gasteiger partial charge in [0.15, 0.2) is 0 Å². The molecule has 0 bridgehead atoms. The highest BCUT2D eigenvalue weighted by molar-refractivity contribution is 9.10. The monoisotopic (exact) mass is 261 g/mol. The van der Waals surface area contributed by atoms with E-state index in [1.165, 1.54) is 47.7 Å². The number of rotatable bonds is 0. The predicted molar refractivity (Wildman–Crippen MR) is 66.1 cm³/mol. The number of fused-ring (bicyclic) bond motifs is 3. The maximum absolute atomic E-state index is 4.61. The lowest BCUT2D eigenvalue weighted by Crippen LogP contribution is -2.03. The van der Waals surface area contributed by atoms with Crippen molar-refractivity contribution in [1.82, 2.24) is 4.98 Å². The molecule has 2 aromatic rings. The van der Waals surface area contributed by atoms with Gasteiger partial charge in [0.25, 0.3) is 0 Å². The Morgan fingerprint density at radius 1 is 1.00 bits per heavy atom. The van der Waals surface area contributed by atoms with Crippen molar-refractivity contribution in [3.63, 3.8) is 0 Å². The molecule has 1 aromatic carbocycles. The molecule has 0 spiro atoms. The van der Waals surface area contributed by atoms with Crippen LogP contribution in [0, 0.1) is 0 Å². The Kier molecular flexibility index (Phi) is 2.24. The molecular formula is C13H12BrN. The van der Waals surface area contributed by atoms with Gasteiger partial charge >= 0.3 is 0 Å². The van der Waals surface area contributed by atoms with Gasteiger partial charge in [-0.3, -0.25) is 0 Å². The van der Waals surface area contributed by atoms with Gasteiger partial charge in [0.05, 0.1) is 5.52 Å². The van der Waals surface area contributed by atoms with Gasteiger partial charge in [0, 0.05) is 5.39 Å². The number of hydrogen-bond donors (Lipinski definition) is 0. The first kappa shape index (κ1) is 9.34. The highest BCUT2D eigenvalue weighted by atomic mass is 79.9. The van der Waals surface area contributed by atoms with Gasteiger partial charge in [-0.15, -0.1) is 0 Å². The molecule has 15 heavy (non-hydrogen) atoms. The summed E-state index contributed by atoms with van der Waals surface area (Å²) in [4.78, 5) is 4.61. The van der Waals surface area contributed by atoms with Gasteiger partial charge in [-0.2, -0.15) is 0 Å². The van der Waals surface area contributed by atoms with Gasteiger partial charge < -0.3 is 0 Å². The number of nitrogens with zero attached hydrogens (tertiary/aromatic N) is 1. The molecule has 1 nitrogen and oxygen atoms in total. The first-order valence-electron chi connectivity index (χ1n) is 5.41. The first-order chi connectivity index (χ1) is 7.34. The van der Waals surface area contributed by atoms with E-state index in [4.69, 9.17) is 0 Å². The van der Waals surface area contributed by atoms with Crippen molar-refractivity contribution in [1.29, 1.82) is 0 Å². The zero-order chi connectivity index (χ0) is 10.3. The van der Waals surface area contributed by atoms with Crippen LogP contribution >= 0.6 is 15.9 Å². The van der Waals surface area contributed by atoms with E-state index >= 15 is 0 Å². The molecule has 1 heterocycles. The van der Waals surface area contributed by atoms with Crippen LogP contribution in [-0.2, 0) is 12.8 Å². The van der Waals surface area contributed by atoms with Crippen molar-refractivity contribution < 1.29 is 0 Å². The second kappa shape index (κ2) is 3.60. The van der Waals surface area contributed by atoms with E-state index in [2.05, 4.69) is 39.1 Å². The predicted octanol–water partition coefficient (Wildman–Crippen LogP) is 3.88. The van der Waals surface area contributed by atoms with Gasteiger partial charge in [0.2, 0.25) is 0 Å². The van der Waals surface area contributed by atoms with Crippen LogP contribution in [0.4, 0.5) is 0 Å². The molecule has 0 N–H and O–H groups in total. The summed E-state index contributed by atoms with van der Waals surface area (Å²) in [6, 6.07) is 8.62. The van der Waals surface area contributed by atoms with Crippen LogP contribution in [0.2, 0.25) is 0 Å². The average Bonchev–Trinajstić information content (AvgIpc) is 2.29. The summed E-state index contributed by atoms with van der Waals surface area (Å²) >= 11 is 3.45. The number of aromatic nitrogens is 1. The molecule has 0 atom stereocenters. The number of aryl methyl sites for hydroxylation is 2. The van der Waals surface area contributed by atoms with Crippen LogP contribution in [0.1, 0.15) is 24.0 Å². The van der Waals surface area contributed by atoms with Crippen molar-refractivity contribution >= 4 is 26.8 Å². The fourth-order valence-electron chi connectivity index (χ4n) is 2.40. The normalized spacial score (nSPS) is 15.3. The maximum Gasteiger partial charge on any atom is 0.106 e. The van der Waals surface area contributed by atoms with E-state index in [9.17, 15) is 0 Å². The van der Waals surface area contributed by atoms with Gasteiger partial charge in [-0.1, -0.05) is 18.2 Å². The third-order valence-corrected chi connectivity index (χ3v) is 3.59. The summed E-state index contributed by atoms with van der Waals surface area (Å²) in [5.41, 5.74) is 4.17. The summed E-state index contributed by atoms with van der Waals surface area (Å²) in [6.45, 7) is 0. The Balaban J connectivity index is 2.34. The number of benzene rings is 1. The molecule has 1 aromatic heterocycles. The smallest absolute Gasteiger partial charge is 0.106 e. The van der Waals surface area contributed by atoms with Crippen molar-refractivity contribution in [2.75, 3.05) is 0 Å². The lowest BCUT2D eigenvalue weighted by Gasteiger charge is -2.17. The zero-order valence-corrected chi connectivity index (χ0v) is 10.0. The van der Waals surface area contributed by atoms with E-state index in [0.29, 0.717) is 0 Å². The lowest BCUT2D eigenvalue weighted by atomic mass is 9.90. The molecule has 0 aliphatic heterocycles. The summed E-state index contributed by atoms with van der Waals surface area (Å²) < 4.78 is 0.939. The minimum absolute atomic E-state index is 0.939. The number of hydrogen-bond acceptors (Lipinski definition) is 1. The zero-order valence-electron chi connectivity index (χ0n) is 8.46. The van der Waals surface area contributed by atoms with E-state index in [1.807, 2.05) is 6.07 Å². The van der Waals surface area contributed by atoms with Gasteiger partial charge in [-0.25, -0.2) is 4.98 Å². The Bertz CT molecular complexity index is 519. The van der Waals surface area contributed by atoms with E-state index < -0.39 is 0 Å². The fraction of sp³-hybridized carbons (Fsp3) is 0.308. The van der Waals surface area contributed by atoms with E-state index in [0.717, 1.165) is 4.60 Å². The Labute approximate surface area is 97.7 Å². The molecule has 0 saturated heterocycles. The number of halogens is 1. The molecule has 3 rings (SSSR count). The van der Waals surface area contributed by atoms with Crippen LogP contribution in [-0.4, -0.2) is 4.98 Å². The summed E-state index contributed by atoms with van der Waals surface area (Å²) in [5.74, 6) is 0. The minimum Gasteiger partial charge on any atom is -0.241 e. The fourth-order valence-corrected chi connectivity index (χ4v) is 2.71. The van der Waals surface area contributed by atoms with Crippen LogP contribution in [0.5, 0.6) is 0 Å². The molecule has 1 aliphatic carbocycles. The molecule has 1 aliphatic rings. The maximum atomic E-state index is 4.61. The van der Waals surface area contributed by atoms with Crippen molar-refractivity contribution in [3.05, 3.63) is 40.0 Å². The van der Waals surface area contributed by atoms with Gasteiger partial charge in [-0.05, 0) is 58.8 Å². The number of pyridine rings is 1. The quantitative estimate of drug-likeness (QED) is 0.656. The summed E-state index contributed by atoms with van der Waals surface area (Å²) in [6.07, 6.45) is 5.04. The van der Waals surface area contributed by atoms with Crippen molar-refractivity contribution in [2.45, 2.75) is 25.7 Å². The molecule has 0 radical (unpaired) electrons. The topological polar surface area (TPSA) is 12.9 Å². The molecule has 2 heteroatoms. The van der Waals surface area contributed by atoms with Crippen LogP contribution in [0.3, 0.4) is 0 Å². The summed E-state index contributed by atoms with van der Waals surface area (Å²) in [7, 11) is 0. The van der Waals surface area contributed by atoms with Crippen LogP contribution < -0.4 is 0 Å². The molecule has 0 amide bonds. The van der Waals surface area contributed by atoms with Crippen LogP contribution in [0.25, 0.3) is 10.9 Å². The van der Waals surface area contributed by atoms with E-state index in [1.54, 1.807) is 0 Å². The standard InChI is InChI=1S/C13H12BrN/c14-12-8-7-10-6-5-9-3-1-2-4-11(9)13(10)15-12/h5-8H,1-4H2.